The summed E-state index contributed by atoms with van der Waals surface area (Å²) in [7, 11) is 0. The van der Waals surface area contributed by atoms with Gasteiger partial charge in [-0.15, -0.1) is 0 Å². The molecule has 0 aliphatic rings. The predicted octanol–water partition coefficient (Wildman–Crippen LogP) is 4.75. The topological polar surface area (TPSA) is 95.1 Å². The number of anilines is 1. The van der Waals surface area contributed by atoms with Crippen LogP contribution in [0.15, 0.2) is 59.5 Å². The fourth-order valence-corrected chi connectivity index (χ4v) is 3.07. The molecule has 0 aliphatic heterocycles. The summed E-state index contributed by atoms with van der Waals surface area (Å²) in [6.07, 6.45) is 4.84. The van der Waals surface area contributed by atoms with Crippen LogP contribution in [0.1, 0.15) is 28.6 Å². The Kier molecular flexibility index (Phi) is 5.99. The Morgan fingerprint density at radius 1 is 1.19 bits per heavy atom. The lowest BCUT2D eigenvalue weighted by Crippen LogP contribution is -2.12. The van der Waals surface area contributed by atoms with E-state index in [9.17, 15) is 4.79 Å². The first-order chi connectivity index (χ1) is 15.0. The van der Waals surface area contributed by atoms with E-state index in [-0.39, 0.29) is 12.5 Å². The standard InChI is InChI=1S/C22H20ClN5O3/c1-3-28-12-18(11-25-28)26-22(29)16-6-9-20(24-10-16)30-13-19-14(2)31-27-21(19)15-4-7-17(23)8-5-15/h4-12H,3,13H2,1-2H3,(H,26,29). The molecule has 0 saturated heterocycles. The number of amides is 1. The van der Waals surface area contributed by atoms with Crippen LogP contribution in [0, 0.1) is 6.92 Å². The second kappa shape index (κ2) is 9.01. The van der Waals surface area contributed by atoms with Crippen molar-refractivity contribution in [1.29, 1.82) is 0 Å². The highest BCUT2D eigenvalue weighted by molar-refractivity contribution is 6.30. The monoisotopic (exact) mass is 437 g/mol. The van der Waals surface area contributed by atoms with E-state index in [0.29, 0.717) is 33.6 Å². The number of ether oxygens (including phenoxy) is 1. The number of hydrogen-bond donors (Lipinski definition) is 1. The van der Waals surface area contributed by atoms with E-state index >= 15 is 0 Å². The van der Waals surface area contributed by atoms with Crippen molar-refractivity contribution in [2.24, 2.45) is 0 Å². The molecule has 9 heteroatoms. The molecule has 0 radical (unpaired) electrons. The maximum atomic E-state index is 12.4. The summed E-state index contributed by atoms with van der Waals surface area (Å²) in [6.45, 7) is 4.75. The largest absolute Gasteiger partial charge is 0.473 e. The van der Waals surface area contributed by atoms with Crippen LogP contribution in [0.5, 0.6) is 5.88 Å². The molecule has 0 unspecified atom stereocenters. The molecule has 0 atom stereocenters. The molecule has 4 rings (SSSR count). The van der Waals surface area contributed by atoms with Crippen molar-refractivity contribution in [3.8, 4) is 17.1 Å². The first-order valence-electron chi connectivity index (χ1n) is 9.67. The van der Waals surface area contributed by atoms with Gasteiger partial charge in [-0.25, -0.2) is 4.98 Å². The average Bonchev–Trinajstić information content (AvgIpc) is 3.39. The Balaban J connectivity index is 1.41. The zero-order valence-electron chi connectivity index (χ0n) is 17.0. The maximum Gasteiger partial charge on any atom is 0.257 e. The van der Waals surface area contributed by atoms with Gasteiger partial charge >= 0.3 is 0 Å². The predicted molar refractivity (Wildman–Crippen MR) is 116 cm³/mol. The third-order valence-electron chi connectivity index (χ3n) is 4.68. The molecular weight excluding hydrogens is 418 g/mol. The van der Waals surface area contributed by atoms with Gasteiger partial charge in [0.05, 0.1) is 23.0 Å². The van der Waals surface area contributed by atoms with E-state index in [4.69, 9.17) is 20.9 Å². The Bertz CT molecular complexity index is 1180. The number of benzene rings is 1. The first-order valence-corrected chi connectivity index (χ1v) is 10.0. The minimum atomic E-state index is -0.269. The van der Waals surface area contributed by atoms with Crippen molar-refractivity contribution < 1.29 is 14.1 Å². The van der Waals surface area contributed by atoms with Gasteiger partial charge in [-0.2, -0.15) is 5.10 Å². The summed E-state index contributed by atoms with van der Waals surface area (Å²) in [5.74, 6) is 0.779. The number of halogens is 1. The Morgan fingerprint density at radius 2 is 2.00 bits per heavy atom. The number of nitrogens with one attached hydrogen (secondary N) is 1. The number of carbonyl (C=O) groups excluding carboxylic acids is 1. The van der Waals surface area contributed by atoms with Gasteiger partial charge in [-0.1, -0.05) is 28.9 Å². The van der Waals surface area contributed by atoms with Gasteiger partial charge in [0.2, 0.25) is 5.88 Å². The van der Waals surface area contributed by atoms with Gasteiger partial charge < -0.3 is 14.6 Å². The highest BCUT2D eigenvalue weighted by Crippen LogP contribution is 2.27. The molecule has 3 aromatic heterocycles. The van der Waals surface area contributed by atoms with Gasteiger partial charge in [0.25, 0.3) is 5.91 Å². The van der Waals surface area contributed by atoms with Crippen molar-refractivity contribution in [3.63, 3.8) is 0 Å². The molecule has 0 bridgehead atoms. The zero-order chi connectivity index (χ0) is 21.8. The molecule has 0 aliphatic carbocycles. The van der Waals surface area contributed by atoms with Crippen molar-refractivity contribution in [2.45, 2.75) is 27.0 Å². The van der Waals surface area contributed by atoms with E-state index in [0.717, 1.165) is 17.7 Å². The quantitative estimate of drug-likeness (QED) is 0.448. The number of carbonyl (C=O) groups is 1. The third kappa shape index (κ3) is 4.75. The van der Waals surface area contributed by atoms with Crippen molar-refractivity contribution in [1.82, 2.24) is 19.9 Å². The fraction of sp³-hybridized carbons (Fsp3) is 0.182. The zero-order valence-corrected chi connectivity index (χ0v) is 17.8. The van der Waals surface area contributed by atoms with Crippen molar-refractivity contribution in [3.05, 3.63) is 76.9 Å². The van der Waals surface area contributed by atoms with Gasteiger partial charge in [-0.05, 0) is 32.0 Å². The van der Waals surface area contributed by atoms with Crippen LogP contribution in [0.2, 0.25) is 5.02 Å². The van der Waals surface area contributed by atoms with Crippen molar-refractivity contribution in [2.75, 3.05) is 5.32 Å². The highest BCUT2D eigenvalue weighted by Gasteiger charge is 2.16. The third-order valence-corrected chi connectivity index (χ3v) is 4.93. The van der Waals surface area contributed by atoms with Crippen LogP contribution in [-0.4, -0.2) is 25.8 Å². The molecule has 0 spiro atoms. The number of rotatable bonds is 7. The molecule has 1 aromatic carbocycles. The van der Waals surface area contributed by atoms with Crippen LogP contribution in [0.25, 0.3) is 11.3 Å². The van der Waals surface area contributed by atoms with Crippen LogP contribution in [-0.2, 0) is 13.2 Å². The molecule has 1 amide bonds. The molecular formula is C22H20ClN5O3. The van der Waals surface area contributed by atoms with E-state index < -0.39 is 0 Å². The normalized spacial score (nSPS) is 10.8. The summed E-state index contributed by atoms with van der Waals surface area (Å²) >= 11 is 5.96. The van der Waals surface area contributed by atoms with Gasteiger partial charge in [0.1, 0.15) is 18.1 Å². The van der Waals surface area contributed by atoms with Crippen LogP contribution >= 0.6 is 11.6 Å². The summed E-state index contributed by atoms with van der Waals surface area (Å²) in [5, 5.41) is 11.7. The molecule has 4 aromatic rings. The Labute approximate surface area is 183 Å². The van der Waals surface area contributed by atoms with Crippen LogP contribution < -0.4 is 10.1 Å². The number of aromatic nitrogens is 4. The smallest absolute Gasteiger partial charge is 0.257 e. The molecule has 0 saturated carbocycles. The summed E-state index contributed by atoms with van der Waals surface area (Å²) in [5.41, 5.74) is 3.44. The van der Waals surface area contributed by atoms with Gasteiger partial charge in [0, 0.05) is 35.6 Å². The van der Waals surface area contributed by atoms with Crippen LogP contribution in [0.4, 0.5) is 5.69 Å². The van der Waals surface area contributed by atoms with E-state index in [1.807, 2.05) is 26.0 Å². The van der Waals surface area contributed by atoms with Gasteiger partial charge in [0.15, 0.2) is 0 Å². The lowest BCUT2D eigenvalue weighted by Gasteiger charge is -2.07. The second-order valence-corrected chi connectivity index (χ2v) is 7.22. The molecule has 0 fully saturated rings. The summed E-state index contributed by atoms with van der Waals surface area (Å²) < 4.78 is 12.9. The number of nitrogens with zero attached hydrogens (tertiary/aromatic N) is 4. The molecule has 158 valence electrons. The lowest BCUT2D eigenvalue weighted by molar-refractivity contribution is 0.102. The summed E-state index contributed by atoms with van der Waals surface area (Å²) in [4.78, 5) is 16.6. The highest BCUT2D eigenvalue weighted by atomic mass is 35.5. The fourth-order valence-electron chi connectivity index (χ4n) is 2.95. The molecule has 3 heterocycles. The minimum absolute atomic E-state index is 0.224. The van der Waals surface area contributed by atoms with E-state index in [1.165, 1.54) is 6.20 Å². The lowest BCUT2D eigenvalue weighted by atomic mass is 10.1. The molecule has 31 heavy (non-hydrogen) atoms. The number of aryl methyl sites for hydroxylation is 2. The number of hydrogen-bond acceptors (Lipinski definition) is 6. The second-order valence-electron chi connectivity index (χ2n) is 6.79. The van der Waals surface area contributed by atoms with E-state index in [1.54, 1.807) is 41.3 Å². The number of pyridine rings is 1. The summed E-state index contributed by atoms with van der Waals surface area (Å²) in [6, 6.07) is 10.6. The average molecular weight is 438 g/mol. The Hall–Kier alpha value is -3.65. The van der Waals surface area contributed by atoms with Crippen LogP contribution in [0.3, 0.4) is 0 Å². The van der Waals surface area contributed by atoms with Gasteiger partial charge in [-0.3, -0.25) is 9.48 Å². The van der Waals surface area contributed by atoms with Crippen molar-refractivity contribution >= 4 is 23.2 Å². The Morgan fingerprint density at radius 3 is 2.68 bits per heavy atom. The minimum Gasteiger partial charge on any atom is -0.473 e. The SMILES string of the molecule is CCn1cc(NC(=O)c2ccc(OCc3c(-c4ccc(Cl)cc4)noc3C)nc2)cn1. The van der Waals surface area contributed by atoms with E-state index in [2.05, 4.69) is 20.6 Å². The maximum absolute atomic E-state index is 12.4. The molecule has 8 nitrogen and oxygen atoms in total. The first kappa shape index (κ1) is 20.6. The molecule has 1 N–H and O–H groups in total.